The van der Waals surface area contributed by atoms with Crippen molar-refractivity contribution in [2.75, 3.05) is 6.54 Å². The number of hydrogen-bond donors (Lipinski definition) is 2. The van der Waals surface area contributed by atoms with E-state index in [1.54, 1.807) is 11.3 Å². The fourth-order valence-electron chi connectivity index (χ4n) is 2.54. The van der Waals surface area contributed by atoms with Gasteiger partial charge in [0.05, 0.1) is 6.54 Å². The van der Waals surface area contributed by atoms with Gasteiger partial charge in [0.25, 0.3) is 0 Å². The maximum atomic E-state index is 4.65. The molecular formula is C15H27IN4S. The highest BCUT2D eigenvalue weighted by molar-refractivity contribution is 14.0. The lowest BCUT2D eigenvalue weighted by Gasteiger charge is -2.28. The molecule has 0 amide bonds. The Balaban J connectivity index is 0.00000220. The SMILES string of the molecule is CCNC(=NCc1ncc(C)s1)NC1CCC(C)CC1.I. The van der Waals surface area contributed by atoms with Gasteiger partial charge in [-0.15, -0.1) is 35.3 Å². The van der Waals surface area contributed by atoms with Crippen molar-refractivity contribution in [3.05, 3.63) is 16.1 Å². The van der Waals surface area contributed by atoms with Crippen LogP contribution in [0.3, 0.4) is 0 Å². The van der Waals surface area contributed by atoms with Crippen LogP contribution >= 0.6 is 35.3 Å². The Hall–Kier alpha value is -0.370. The fourth-order valence-corrected chi connectivity index (χ4v) is 3.25. The molecule has 0 aliphatic heterocycles. The monoisotopic (exact) mass is 422 g/mol. The normalized spacial score (nSPS) is 22.5. The summed E-state index contributed by atoms with van der Waals surface area (Å²) in [5.74, 6) is 1.81. The van der Waals surface area contributed by atoms with Crippen LogP contribution in [-0.4, -0.2) is 23.5 Å². The van der Waals surface area contributed by atoms with Crippen molar-refractivity contribution in [3.63, 3.8) is 0 Å². The second kappa shape index (κ2) is 9.61. The average Bonchev–Trinajstić information content (AvgIpc) is 2.85. The molecule has 0 atom stereocenters. The summed E-state index contributed by atoms with van der Waals surface area (Å²) in [5.41, 5.74) is 0. The maximum absolute atomic E-state index is 4.65. The van der Waals surface area contributed by atoms with Crippen LogP contribution in [-0.2, 0) is 6.54 Å². The van der Waals surface area contributed by atoms with Gasteiger partial charge in [-0.3, -0.25) is 0 Å². The Morgan fingerprint density at radius 2 is 2.10 bits per heavy atom. The molecule has 1 aromatic rings. The van der Waals surface area contributed by atoms with Crippen LogP contribution in [0.2, 0.25) is 0 Å². The summed E-state index contributed by atoms with van der Waals surface area (Å²) >= 11 is 1.72. The number of aromatic nitrogens is 1. The van der Waals surface area contributed by atoms with E-state index < -0.39 is 0 Å². The van der Waals surface area contributed by atoms with Crippen LogP contribution in [0.5, 0.6) is 0 Å². The van der Waals surface area contributed by atoms with Gasteiger partial charge in [0.1, 0.15) is 5.01 Å². The first-order valence-electron chi connectivity index (χ1n) is 7.63. The van der Waals surface area contributed by atoms with Crippen molar-refractivity contribution in [1.29, 1.82) is 0 Å². The smallest absolute Gasteiger partial charge is 0.191 e. The Bertz CT molecular complexity index is 439. The largest absolute Gasteiger partial charge is 0.357 e. The second-order valence-electron chi connectivity index (χ2n) is 5.66. The molecule has 1 saturated carbocycles. The number of halogens is 1. The van der Waals surface area contributed by atoms with E-state index in [0.717, 1.165) is 23.4 Å². The predicted molar refractivity (Wildman–Crippen MR) is 102 cm³/mol. The van der Waals surface area contributed by atoms with Gasteiger partial charge in [-0.2, -0.15) is 0 Å². The third kappa shape index (κ3) is 6.50. The molecule has 2 rings (SSSR count). The van der Waals surface area contributed by atoms with E-state index in [4.69, 9.17) is 0 Å². The number of aryl methyl sites for hydroxylation is 1. The third-order valence-electron chi connectivity index (χ3n) is 3.74. The highest BCUT2D eigenvalue weighted by Crippen LogP contribution is 2.23. The Labute approximate surface area is 149 Å². The van der Waals surface area contributed by atoms with Crippen molar-refractivity contribution in [2.24, 2.45) is 10.9 Å². The number of nitrogens with zero attached hydrogens (tertiary/aromatic N) is 2. The quantitative estimate of drug-likeness (QED) is 0.442. The molecule has 1 aliphatic rings. The molecule has 2 N–H and O–H groups in total. The summed E-state index contributed by atoms with van der Waals surface area (Å²) in [6.45, 7) is 8.09. The molecule has 4 nitrogen and oxygen atoms in total. The standard InChI is InChI=1S/C15H26N4S.HI/c1-4-16-15(18-10-14-17-9-12(3)20-14)19-13-7-5-11(2)6-8-13;/h9,11,13H,4-8,10H2,1-3H3,(H2,16,18,19);1H. The second-order valence-corrected chi connectivity index (χ2v) is 6.98. The fraction of sp³-hybridized carbons (Fsp3) is 0.733. The summed E-state index contributed by atoms with van der Waals surface area (Å²) in [5, 5.41) is 7.98. The number of hydrogen-bond acceptors (Lipinski definition) is 3. The lowest BCUT2D eigenvalue weighted by Crippen LogP contribution is -2.44. The summed E-state index contributed by atoms with van der Waals surface area (Å²) < 4.78 is 0. The average molecular weight is 422 g/mol. The Morgan fingerprint density at radius 1 is 1.38 bits per heavy atom. The first-order valence-corrected chi connectivity index (χ1v) is 8.45. The number of thiazole rings is 1. The zero-order valence-electron chi connectivity index (χ0n) is 13.2. The Morgan fingerprint density at radius 3 is 2.67 bits per heavy atom. The van der Waals surface area contributed by atoms with Gasteiger partial charge in [0.2, 0.25) is 0 Å². The van der Waals surface area contributed by atoms with Gasteiger partial charge >= 0.3 is 0 Å². The zero-order chi connectivity index (χ0) is 14.4. The van der Waals surface area contributed by atoms with Crippen molar-refractivity contribution in [1.82, 2.24) is 15.6 Å². The maximum Gasteiger partial charge on any atom is 0.191 e. The molecule has 1 fully saturated rings. The highest BCUT2D eigenvalue weighted by atomic mass is 127. The molecule has 0 saturated heterocycles. The molecule has 1 aliphatic carbocycles. The molecule has 0 spiro atoms. The van der Waals surface area contributed by atoms with Gasteiger partial charge < -0.3 is 10.6 Å². The van der Waals surface area contributed by atoms with E-state index in [1.807, 2.05) is 6.20 Å². The van der Waals surface area contributed by atoms with Crippen LogP contribution in [0.25, 0.3) is 0 Å². The molecule has 1 heterocycles. The van der Waals surface area contributed by atoms with Crippen molar-refractivity contribution < 1.29 is 0 Å². The molecule has 120 valence electrons. The number of rotatable bonds is 4. The minimum atomic E-state index is 0. The lowest BCUT2D eigenvalue weighted by atomic mass is 9.87. The molecule has 0 unspecified atom stereocenters. The van der Waals surface area contributed by atoms with E-state index >= 15 is 0 Å². The third-order valence-corrected chi connectivity index (χ3v) is 4.64. The van der Waals surface area contributed by atoms with Crippen LogP contribution in [0.1, 0.15) is 49.4 Å². The molecule has 6 heteroatoms. The van der Waals surface area contributed by atoms with E-state index in [2.05, 4.69) is 41.4 Å². The van der Waals surface area contributed by atoms with Gasteiger partial charge in [-0.05, 0) is 45.4 Å². The lowest BCUT2D eigenvalue weighted by molar-refractivity contribution is 0.329. The van der Waals surface area contributed by atoms with Crippen LogP contribution in [0.15, 0.2) is 11.2 Å². The summed E-state index contributed by atoms with van der Waals surface area (Å²) in [6, 6.07) is 0.571. The van der Waals surface area contributed by atoms with Gasteiger partial charge in [0, 0.05) is 23.7 Å². The topological polar surface area (TPSA) is 49.3 Å². The van der Waals surface area contributed by atoms with Crippen molar-refractivity contribution >= 4 is 41.3 Å². The van der Waals surface area contributed by atoms with Gasteiger partial charge in [-0.1, -0.05) is 6.92 Å². The summed E-state index contributed by atoms with van der Waals surface area (Å²) in [4.78, 5) is 10.3. The van der Waals surface area contributed by atoms with Crippen LogP contribution < -0.4 is 10.6 Å². The Kier molecular flexibility index (Phi) is 8.55. The van der Waals surface area contributed by atoms with Crippen molar-refractivity contribution in [2.45, 2.75) is 59.0 Å². The first kappa shape index (κ1) is 18.7. The molecule has 0 radical (unpaired) electrons. The molecular weight excluding hydrogens is 395 g/mol. The number of nitrogens with one attached hydrogen (secondary N) is 2. The molecule has 21 heavy (non-hydrogen) atoms. The minimum absolute atomic E-state index is 0. The molecule has 0 aromatic carbocycles. The van der Waals surface area contributed by atoms with Crippen molar-refractivity contribution in [3.8, 4) is 0 Å². The molecule has 1 aromatic heterocycles. The van der Waals surface area contributed by atoms with E-state index in [-0.39, 0.29) is 24.0 Å². The van der Waals surface area contributed by atoms with E-state index in [9.17, 15) is 0 Å². The van der Waals surface area contributed by atoms with E-state index in [1.165, 1.54) is 30.6 Å². The van der Waals surface area contributed by atoms with Gasteiger partial charge in [0.15, 0.2) is 5.96 Å². The molecule has 0 bridgehead atoms. The summed E-state index contributed by atoms with van der Waals surface area (Å²) in [7, 11) is 0. The predicted octanol–water partition coefficient (Wildman–Crippen LogP) is 3.70. The summed E-state index contributed by atoms with van der Waals surface area (Å²) in [6.07, 6.45) is 7.06. The van der Waals surface area contributed by atoms with E-state index in [0.29, 0.717) is 12.6 Å². The first-order chi connectivity index (χ1) is 9.67. The van der Waals surface area contributed by atoms with Crippen LogP contribution in [0, 0.1) is 12.8 Å². The van der Waals surface area contributed by atoms with Crippen LogP contribution in [0.4, 0.5) is 0 Å². The minimum Gasteiger partial charge on any atom is -0.357 e. The highest BCUT2D eigenvalue weighted by Gasteiger charge is 2.18. The van der Waals surface area contributed by atoms with Gasteiger partial charge in [-0.25, -0.2) is 9.98 Å². The zero-order valence-corrected chi connectivity index (χ0v) is 16.3. The number of guanidine groups is 1. The number of aliphatic imine (C=N–C) groups is 1.